The highest BCUT2D eigenvalue weighted by Gasteiger charge is 2.39. The number of benzene rings is 1. The van der Waals surface area contributed by atoms with Crippen LogP contribution in [-0.4, -0.2) is 23.2 Å². The number of amides is 1. The van der Waals surface area contributed by atoms with E-state index in [4.69, 9.17) is 5.11 Å². The van der Waals surface area contributed by atoms with E-state index in [1.54, 1.807) is 11.4 Å². The summed E-state index contributed by atoms with van der Waals surface area (Å²) in [7, 11) is 0. The van der Waals surface area contributed by atoms with Crippen molar-refractivity contribution in [3.05, 3.63) is 29.3 Å². The number of alkyl halides is 3. The lowest BCUT2D eigenvalue weighted by molar-refractivity contribution is -0.167. The SMILES string of the molecule is O=C(O)C1Cc2cccc(NC(=O)C(F)(F)F)c2C1. The topological polar surface area (TPSA) is 66.4 Å². The number of carboxylic acid groups (broad SMARTS) is 1. The van der Waals surface area contributed by atoms with Crippen molar-refractivity contribution in [1.82, 2.24) is 0 Å². The minimum Gasteiger partial charge on any atom is -0.481 e. The number of carbonyl (C=O) groups is 2. The fourth-order valence-electron chi connectivity index (χ4n) is 2.14. The molecule has 1 unspecified atom stereocenters. The van der Waals surface area contributed by atoms with Gasteiger partial charge in [0.1, 0.15) is 0 Å². The van der Waals surface area contributed by atoms with Gasteiger partial charge in [0.05, 0.1) is 5.92 Å². The summed E-state index contributed by atoms with van der Waals surface area (Å²) in [6, 6.07) is 4.49. The third-order valence-electron chi connectivity index (χ3n) is 3.04. The summed E-state index contributed by atoms with van der Waals surface area (Å²) in [4.78, 5) is 21.8. The van der Waals surface area contributed by atoms with Gasteiger partial charge in [-0.1, -0.05) is 12.1 Å². The number of carboxylic acids is 1. The van der Waals surface area contributed by atoms with Gasteiger partial charge < -0.3 is 10.4 Å². The monoisotopic (exact) mass is 273 g/mol. The predicted molar refractivity (Wildman–Crippen MR) is 59.7 cm³/mol. The Hall–Kier alpha value is -2.05. The van der Waals surface area contributed by atoms with Crippen molar-refractivity contribution in [3.63, 3.8) is 0 Å². The summed E-state index contributed by atoms with van der Waals surface area (Å²) in [5, 5.41) is 10.7. The minimum atomic E-state index is -4.96. The number of aliphatic carboxylic acids is 1. The van der Waals surface area contributed by atoms with Gasteiger partial charge in [-0.2, -0.15) is 13.2 Å². The van der Waals surface area contributed by atoms with Crippen LogP contribution in [0.25, 0.3) is 0 Å². The standard InChI is InChI=1S/C12H10F3NO3/c13-12(14,15)11(19)16-9-3-1-2-6-4-7(10(17)18)5-8(6)9/h1-3,7H,4-5H2,(H,16,19)(H,17,18). The van der Waals surface area contributed by atoms with Crippen LogP contribution >= 0.6 is 0 Å². The van der Waals surface area contributed by atoms with Gasteiger partial charge in [-0.3, -0.25) is 9.59 Å². The first-order chi connectivity index (χ1) is 8.79. The lowest BCUT2D eigenvalue weighted by Gasteiger charge is -2.11. The van der Waals surface area contributed by atoms with Gasteiger partial charge in [0, 0.05) is 5.69 Å². The van der Waals surface area contributed by atoms with Gasteiger partial charge in [-0.15, -0.1) is 0 Å². The number of hydrogen-bond donors (Lipinski definition) is 2. The zero-order valence-corrected chi connectivity index (χ0v) is 9.62. The third kappa shape index (κ3) is 2.69. The summed E-state index contributed by atoms with van der Waals surface area (Å²) in [5.41, 5.74) is 1.16. The number of halogens is 3. The Labute approximate surface area is 106 Å². The predicted octanol–water partition coefficient (Wildman–Crippen LogP) is 1.99. The van der Waals surface area contributed by atoms with Crippen molar-refractivity contribution in [1.29, 1.82) is 0 Å². The van der Waals surface area contributed by atoms with Gasteiger partial charge >= 0.3 is 18.1 Å². The second-order valence-corrected chi connectivity index (χ2v) is 4.34. The molecule has 0 fully saturated rings. The van der Waals surface area contributed by atoms with E-state index in [0.29, 0.717) is 11.1 Å². The normalized spacial score (nSPS) is 17.9. The number of anilines is 1. The van der Waals surface area contributed by atoms with Gasteiger partial charge in [0.2, 0.25) is 0 Å². The first-order valence-electron chi connectivity index (χ1n) is 5.51. The highest BCUT2D eigenvalue weighted by molar-refractivity contribution is 5.96. The largest absolute Gasteiger partial charge is 0.481 e. The summed E-state index contributed by atoms with van der Waals surface area (Å²) in [6.45, 7) is 0. The van der Waals surface area contributed by atoms with Gasteiger partial charge in [-0.25, -0.2) is 0 Å². The lowest BCUT2D eigenvalue weighted by Crippen LogP contribution is -2.30. The second-order valence-electron chi connectivity index (χ2n) is 4.34. The summed E-state index contributed by atoms with van der Waals surface area (Å²) >= 11 is 0. The highest BCUT2D eigenvalue weighted by Crippen LogP contribution is 2.33. The van der Waals surface area contributed by atoms with E-state index in [-0.39, 0.29) is 18.5 Å². The quantitative estimate of drug-likeness (QED) is 0.866. The van der Waals surface area contributed by atoms with Crippen molar-refractivity contribution in [3.8, 4) is 0 Å². The Morgan fingerprint density at radius 3 is 2.53 bits per heavy atom. The molecule has 1 atom stereocenters. The molecule has 1 aliphatic carbocycles. The van der Waals surface area contributed by atoms with E-state index in [1.807, 2.05) is 0 Å². The first kappa shape index (κ1) is 13.4. The summed E-state index contributed by atoms with van der Waals surface area (Å²) < 4.78 is 36.6. The zero-order chi connectivity index (χ0) is 14.2. The maximum absolute atomic E-state index is 12.2. The molecule has 1 aromatic carbocycles. The van der Waals surface area contributed by atoms with E-state index in [1.165, 1.54) is 12.1 Å². The minimum absolute atomic E-state index is 0.0311. The van der Waals surface area contributed by atoms with Crippen LogP contribution in [0.3, 0.4) is 0 Å². The molecule has 1 aromatic rings. The molecule has 0 aromatic heterocycles. The number of carbonyl (C=O) groups excluding carboxylic acids is 1. The molecule has 2 rings (SSSR count). The molecule has 0 spiro atoms. The van der Waals surface area contributed by atoms with Crippen LogP contribution in [0.1, 0.15) is 11.1 Å². The number of nitrogens with one attached hydrogen (secondary N) is 1. The first-order valence-corrected chi connectivity index (χ1v) is 5.51. The molecule has 7 heteroatoms. The molecule has 0 heterocycles. The van der Waals surface area contributed by atoms with E-state index < -0.39 is 24.0 Å². The van der Waals surface area contributed by atoms with Gasteiger partial charge in [0.15, 0.2) is 0 Å². The maximum atomic E-state index is 12.2. The Bertz CT molecular complexity index is 540. The van der Waals surface area contributed by atoms with Gasteiger partial charge in [-0.05, 0) is 30.0 Å². The van der Waals surface area contributed by atoms with Crippen LogP contribution < -0.4 is 5.32 Å². The van der Waals surface area contributed by atoms with E-state index in [2.05, 4.69) is 0 Å². The Kier molecular flexibility index (Phi) is 3.21. The molecule has 4 nitrogen and oxygen atoms in total. The molecular formula is C12H10F3NO3. The molecule has 2 N–H and O–H groups in total. The van der Waals surface area contributed by atoms with Crippen LogP contribution in [0.2, 0.25) is 0 Å². The van der Waals surface area contributed by atoms with E-state index >= 15 is 0 Å². The zero-order valence-electron chi connectivity index (χ0n) is 9.62. The van der Waals surface area contributed by atoms with Gasteiger partial charge in [0.25, 0.3) is 0 Å². The van der Waals surface area contributed by atoms with Crippen LogP contribution in [0.5, 0.6) is 0 Å². The third-order valence-corrected chi connectivity index (χ3v) is 3.04. The summed E-state index contributed by atoms with van der Waals surface area (Å²) in [6.07, 6.45) is -4.58. The van der Waals surface area contributed by atoms with Crippen LogP contribution in [0, 0.1) is 5.92 Å². The molecule has 1 aliphatic rings. The van der Waals surface area contributed by atoms with E-state index in [0.717, 1.165) is 0 Å². The van der Waals surface area contributed by atoms with Crippen molar-refractivity contribution in [2.24, 2.45) is 5.92 Å². The van der Waals surface area contributed by atoms with Crippen LogP contribution in [0.4, 0.5) is 18.9 Å². The lowest BCUT2D eigenvalue weighted by atomic mass is 10.1. The fraction of sp³-hybridized carbons (Fsp3) is 0.333. The Morgan fingerprint density at radius 1 is 1.26 bits per heavy atom. The van der Waals surface area contributed by atoms with Crippen molar-refractivity contribution in [2.45, 2.75) is 19.0 Å². The molecular weight excluding hydrogens is 263 g/mol. The van der Waals surface area contributed by atoms with Crippen LogP contribution in [-0.2, 0) is 22.4 Å². The molecule has 0 saturated heterocycles. The van der Waals surface area contributed by atoms with Crippen molar-refractivity contribution < 1.29 is 27.9 Å². The average molecular weight is 273 g/mol. The van der Waals surface area contributed by atoms with E-state index in [9.17, 15) is 22.8 Å². The smallest absolute Gasteiger partial charge is 0.471 e. The molecule has 0 aliphatic heterocycles. The molecule has 1 amide bonds. The molecule has 0 radical (unpaired) electrons. The number of fused-ring (bicyclic) bond motifs is 1. The second kappa shape index (κ2) is 4.56. The Balaban J connectivity index is 2.25. The number of hydrogen-bond acceptors (Lipinski definition) is 2. The van der Waals surface area contributed by atoms with Crippen molar-refractivity contribution >= 4 is 17.6 Å². The molecule has 19 heavy (non-hydrogen) atoms. The fourth-order valence-corrected chi connectivity index (χ4v) is 2.14. The summed E-state index contributed by atoms with van der Waals surface area (Å²) in [5.74, 6) is -3.71. The average Bonchev–Trinajstić information content (AvgIpc) is 2.72. The maximum Gasteiger partial charge on any atom is 0.471 e. The van der Waals surface area contributed by atoms with Crippen LogP contribution in [0.15, 0.2) is 18.2 Å². The molecule has 0 saturated carbocycles. The highest BCUT2D eigenvalue weighted by atomic mass is 19.4. The Morgan fingerprint density at radius 2 is 1.95 bits per heavy atom. The number of rotatable bonds is 2. The van der Waals surface area contributed by atoms with Crippen molar-refractivity contribution in [2.75, 3.05) is 5.32 Å². The molecule has 102 valence electrons. The molecule has 0 bridgehead atoms.